The molecule has 2 N–H and O–H groups in total. The predicted molar refractivity (Wildman–Crippen MR) is 93.7 cm³/mol. The van der Waals surface area contributed by atoms with E-state index in [0.29, 0.717) is 6.42 Å². The van der Waals surface area contributed by atoms with Crippen LogP contribution in [0, 0.1) is 5.92 Å². The van der Waals surface area contributed by atoms with E-state index >= 15 is 0 Å². The number of carbonyl (C=O) groups excluding carboxylic acids is 1. The number of para-hydroxylation sites is 2. The van der Waals surface area contributed by atoms with Crippen LogP contribution >= 0.6 is 0 Å². The Balaban J connectivity index is 1.57. The Morgan fingerprint density at radius 3 is 2.57 bits per heavy atom. The Morgan fingerprint density at radius 1 is 1.13 bits per heavy atom. The average molecular weight is 316 g/mol. The highest BCUT2D eigenvalue weighted by Crippen LogP contribution is 2.30. The SMILES string of the molecule is O=C(CCC1CCCC1)Nc1ccccc1N1CCC(O)CC1. The molecule has 3 rings (SSSR count). The van der Waals surface area contributed by atoms with Gasteiger partial charge in [-0.15, -0.1) is 0 Å². The fraction of sp³-hybridized carbons (Fsp3) is 0.632. The Kier molecular flexibility index (Phi) is 5.55. The second kappa shape index (κ2) is 7.82. The number of hydrogen-bond donors (Lipinski definition) is 2. The van der Waals surface area contributed by atoms with Crippen molar-refractivity contribution in [3.63, 3.8) is 0 Å². The first kappa shape index (κ1) is 16.3. The van der Waals surface area contributed by atoms with Gasteiger partial charge in [0.15, 0.2) is 0 Å². The Hall–Kier alpha value is -1.55. The zero-order valence-corrected chi connectivity index (χ0v) is 13.8. The minimum Gasteiger partial charge on any atom is -0.393 e. The van der Waals surface area contributed by atoms with Crippen LogP contribution in [0.3, 0.4) is 0 Å². The standard InChI is InChI=1S/C19H28N2O2/c22-16-11-13-21(14-12-16)18-8-4-3-7-17(18)20-19(23)10-9-15-5-1-2-6-15/h3-4,7-8,15-16,22H,1-2,5-6,9-14H2,(H,20,23). The fourth-order valence-corrected chi connectivity index (χ4v) is 3.81. The number of piperidine rings is 1. The predicted octanol–water partition coefficient (Wildman–Crippen LogP) is 3.56. The summed E-state index contributed by atoms with van der Waals surface area (Å²) in [6.45, 7) is 1.69. The van der Waals surface area contributed by atoms with Gasteiger partial charge in [-0.2, -0.15) is 0 Å². The minimum atomic E-state index is -0.181. The zero-order valence-electron chi connectivity index (χ0n) is 13.8. The van der Waals surface area contributed by atoms with E-state index in [1.54, 1.807) is 0 Å². The minimum absolute atomic E-state index is 0.126. The number of nitrogens with zero attached hydrogens (tertiary/aromatic N) is 1. The Labute approximate surface area is 138 Å². The number of amides is 1. The lowest BCUT2D eigenvalue weighted by molar-refractivity contribution is -0.116. The summed E-state index contributed by atoms with van der Waals surface area (Å²) in [4.78, 5) is 14.5. The van der Waals surface area contributed by atoms with Gasteiger partial charge in [0.2, 0.25) is 5.91 Å². The molecule has 1 aromatic carbocycles. The molecule has 23 heavy (non-hydrogen) atoms. The number of nitrogens with one attached hydrogen (secondary N) is 1. The highest BCUT2D eigenvalue weighted by Gasteiger charge is 2.20. The first-order chi connectivity index (χ1) is 11.2. The smallest absolute Gasteiger partial charge is 0.224 e. The molecule has 2 aliphatic rings. The van der Waals surface area contributed by atoms with Crippen molar-refractivity contribution in [1.29, 1.82) is 0 Å². The summed E-state index contributed by atoms with van der Waals surface area (Å²) in [6.07, 6.45) is 8.29. The second-order valence-corrected chi connectivity index (χ2v) is 6.97. The molecule has 2 fully saturated rings. The van der Waals surface area contributed by atoms with E-state index in [4.69, 9.17) is 0 Å². The summed E-state index contributed by atoms with van der Waals surface area (Å²) in [5.41, 5.74) is 1.98. The van der Waals surface area contributed by atoms with E-state index < -0.39 is 0 Å². The molecular formula is C19H28N2O2. The molecule has 0 unspecified atom stereocenters. The lowest BCUT2D eigenvalue weighted by Gasteiger charge is -2.32. The van der Waals surface area contributed by atoms with E-state index in [-0.39, 0.29) is 12.0 Å². The van der Waals surface area contributed by atoms with Crippen molar-refractivity contribution < 1.29 is 9.90 Å². The maximum Gasteiger partial charge on any atom is 0.224 e. The maximum atomic E-state index is 12.3. The van der Waals surface area contributed by atoms with Gasteiger partial charge in [0, 0.05) is 19.5 Å². The lowest BCUT2D eigenvalue weighted by Crippen LogP contribution is -2.36. The maximum absolute atomic E-state index is 12.3. The lowest BCUT2D eigenvalue weighted by atomic mass is 10.0. The number of rotatable bonds is 5. The van der Waals surface area contributed by atoms with Crippen LogP contribution in [0.1, 0.15) is 51.4 Å². The molecule has 0 spiro atoms. The van der Waals surface area contributed by atoms with E-state index in [2.05, 4.69) is 16.3 Å². The monoisotopic (exact) mass is 316 g/mol. The first-order valence-corrected chi connectivity index (χ1v) is 9.04. The molecule has 1 saturated carbocycles. The molecule has 4 heteroatoms. The highest BCUT2D eigenvalue weighted by atomic mass is 16.3. The van der Waals surface area contributed by atoms with Crippen LogP contribution in [0.2, 0.25) is 0 Å². The molecule has 1 aromatic rings. The van der Waals surface area contributed by atoms with Crippen LogP contribution in [0.5, 0.6) is 0 Å². The van der Waals surface area contributed by atoms with Gasteiger partial charge in [-0.1, -0.05) is 37.8 Å². The van der Waals surface area contributed by atoms with Gasteiger partial charge in [0.1, 0.15) is 0 Å². The molecule has 1 amide bonds. The van der Waals surface area contributed by atoms with Crippen LogP contribution < -0.4 is 10.2 Å². The highest BCUT2D eigenvalue weighted by molar-refractivity contribution is 5.94. The average Bonchev–Trinajstić information content (AvgIpc) is 3.08. The summed E-state index contributed by atoms with van der Waals surface area (Å²) < 4.78 is 0. The van der Waals surface area contributed by atoms with Crippen molar-refractivity contribution in [3.05, 3.63) is 24.3 Å². The van der Waals surface area contributed by atoms with Crippen molar-refractivity contribution in [2.45, 2.75) is 57.5 Å². The number of aliphatic hydroxyl groups is 1. The molecule has 0 radical (unpaired) electrons. The molecule has 0 bridgehead atoms. The number of hydrogen-bond acceptors (Lipinski definition) is 3. The number of aliphatic hydroxyl groups excluding tert-OH is 1. The Bertz CT molecular complexity index is 518. The van der Waals surface area contributed by atoms with Gasteiger partial charge >= 0.3 is 0 Å². The van der Waals surface area contributed by atoms with Gasteiger partial charge in [-0.3, -0.25) is 4.79 Å². The summed E-state index contributed by atoms with van der Waals surface area (Å²) >= 11 is 0. The zero-order chi connectivity index (χ0) is 16.1. The van der Waals surface area contributed by atoms with Crippen molar-refractivity contribution in [3.8, 4) is 0 Å². The van der Waals surface area contributed by atoms with Crippen LogP contribution in [0.15, 0.2) is 24.3 Å². The first-order valence-electron chi connectivity index (χ1n) is 9.04. The summed E-state index contributed by atoms with van der Waals surface area (Å²) in [5, 5.41) is 12.8. The topological polar surface area (TPSA) is 52.6 Å². The normalized spacial score (nSPS) is 20.0. The molecule has 1 aliphatic carbocycles. The van der Waals surface area contributed by atoms with Crippen LogP contribution in [-0.2, 0) is 4.79 Å². The molecular weight excluding hydrogens is 288 g/mol. The molecule has 1 heterocycles. The van der Waals surface area contributed by atoms with Crippen molar-refractivity contribution in [1.82, 2.24) is 0 Å². The number of anilines is 2. The molecule has 1 saturated heterocycles. The summed E-state index contributed by atoms with van der Waals surface area (Å²) in [6, 6.07) is 8.02. The third-order valence-electron chi connectivity index (χ3n) is 5.24. The van der Waals surface area contributed by atoms with E-state index in [9.17, 15) is 9.90 Å². The third-order valence-corrected chi connectivity index (χ3v) is 5.24. The van der Waals surface area contributed by atoms with Crippen molar-refractivity contribution in [2.75, 3.05) is 23.3 Å². The van der Waals surface area contributed by atoms with Gasteiger partial charge in [0.25, 0.3) is 0 Å². The van der Waals surface area contributed by atoms with Crippen molar-refractivity contribution >= 4 is 17.3 Å². The molecule has 126 valence electrons. The molecule has 1 aliphatic heterocycles. The van der Waals surface area contributed by atoms with Gasteiger partial charge < -0.3 is 15.3 Å². The molecule has 0 atom stereocenters. The molecule has 4 nitrogen and oxygen atoms in total. The Morgan fingerprint density at radius 2 is 1.83 bits per heavy atom. The van der Waals surface area contributed by atoms with Gasteiger partial charge in [0.05, 0.1) is 17.5 Å². The number of carbonyl (C=O) groups is 1. The largest absolute Gasteiger partial charge is 0.393 e. The van der Waals surface area contributed by atoms with Gasteiger partial charge in [-0.25, -0.2) is 0 Å². The third kappa shape index (κ3) is 4.47. The van der Waals surface area contributed by atoms with E-state index in [1.165, 1.54) is 25.7 Å². The van der Waals surface area contributed by atoms with Crippen molar-refractivity contribution in [2.24, 2.45) is 5.92 Å². The number of benzene rings is 1. The van der Waals surface area contributed by atoms with E-state index in [0.717, 1.165) is 49.6 Å². The van der Waals surface area contributed by atoms with Gasteiger partial charge in [-0.05, 0) is 37.3 Å². The van der Waals surface area contributed by atoms with Crippen LogP contribution in [0.4, 0.5) is 11.4 Å². The van der Waals surface area contributed by atoms with E-state index in [1.807, 2.05) is 18.2 Å². The van der Waals surface area contributed by atoms with Crippen LogP contribution in [-0.4, -0.2) is 30.2 Å². The fourth-order valence-electron chi connectivity index (χ4n) is 3.81. The summed E-state index contributed by atoms with van der Waals surface area (Å²) in [5.74, 6) is 0.876. The second-order valence-electron chi connectivity index (χ2n) is 6.97. The quantitative estimate of drug-likeness (QED) is 0.873. The van der Waals surface area contributed by atoms with Crippen LogP contribution in [0.25, 0.3) is 0 Å². The summed E-state index contributed by atoms with van der Waals surface area (Å²) in [7, 11) is 0. The molecule has 0 aromatic heterocycles.